The lowest BCUT2D eigenvalue weighted by Gasteiger charge is -2.09. The average Bonchev–Trinajstić information content (AvgIpc) is 2.60. The van der Waals surface area contributed by atoms with Crippen molar-refractivity contribution in [3.63, 3.8) is 0 Å². The van der Waals surface area contributed by atoms with Crippen LogP contribution >= 0.6 is 0 Å². The summed E-state index contributed by atoms with van der Waals surface area (Å²) in [5, 5.41) is 11.1. The minimum absolute atomic E-state index is 0.0259. The van der Waals surface area contributed by atoms with Gasteiger partial charge < -0.3 is 14.8 Å². The Hall–Kier alpha value is -1.85. The van der Waals surface area contributed by atoms with Gasteiger partial charge in [-0.3, -0.25) is 9.59 Å². The van der Waals surface area contributed by atoms with E-state index in [2.05, 4.69) is 10.3 Å². The van der Waals surface area contributed by atoms with E-state index in [9.17, 15) is 9.59 Å². The van der Waals surface area contributed by atoms with Crippen molar-refractivity contribution < 1.29 is 19.1 Å². The molecule has 0 aromatic carbocycles. The maximum atomic E-state index is 11.5. The van der Waals surface area contributed by atoms with E-state index < -0.39 is 5.97 Å². The molecule has 0 fully saturated rings. The van der Waals surface area contributed by atoms with Gasteiger partial charge in [-0.2, -0.15) is 0 Å². The van der Waals surface area contributed by atoms with Gasteiger partial charge in [-0.15, -0.1) is 0 Å². The highest BCUT2D eigenvalue weighted by Crippen LogP contribution is 2.05. The fraction of sp³-hybridized carbons (Fsp3) is 0.500. The molecule has 0 bridgehead atoms. The Balaban J connectivity index is 2.42. The van der Waals surface area contributed by atoms with Crippen molar-refractivity contribution in [1.29, 1.82) is 0 Å². The van der Waals surface area contributed by atoms with Crippen molar-refractivity contribution in [1.82, 2.24) is 10.3 Å². The highest BCUT2D eigenvalue weighted by Gasteiger charge is 2.14. The van der Waals surface area contributed by atoms with Gasteiger partial charge in [0.2, 0.25) is 0 Å². The molecule has 0 saturated carbocycles. The number of rotatable bonds is 5. The molecule has 16 heavy (non-hydrogen) atoms. The van der Waals surface area contributed by atoms with Crippen molar-refractivity contribution >= 4 is 11.9 Å². The zero-order chi connectivity index (χ0) is 12.1. The molecule has 0 spiro atoms. The van der Waals surface area contributed by atoms with Crippen molar-refractivity contribution in [2.24, 2.45) is 5.92 Å². The summed E-state index contributed by atoms with van der Waals surface area (Å²) in [7, 11) is 0. The molecule has 1 atom stereocenters. The largest absolute Gasteiger partial charge is 0.481 e. The Bertz CT molecular complexity index is 386. The molecule has 1 aromatic rings. The quantitative estimate of drug-likeness (QED) is 0.775. The van der Waals surface area contributed by atoms with E-state index in [0.29, 0.717) is 12.3 Å². The van der Waals surface area contributed by atoms with Crippen LogP contribution in [0.4, 0.5) is 0 Å². The topological polar surface area (TPSA) is 92.4 Å². The monoisotopic (exact) mass is 226 g/mol. The van der Waals surface area contributed by atoms with Gasteiger partial charge >= 0.3 is 5.97 Å². The van der Waals surface area contributed by atoms with Crippen LogP contribution in [0.15, 0.2) is 10.8 Å². The SMILES string of the molecule is Cc1ocnc1C(=O)NCC(C)CC(=O)O. The number of aromatic nitrogens is 1. The van der Waals surface area contributed by atoms with Crippen LogP contribution in [0.3, 0.4) is 0 Å². The lowest BCUT2D eigenvalue weighted by molar-refractivity contribution is -0.137. The predicted octanol–water partition coefficient (Wildman–Crippen LogP) is 0.824. The zero-order valence-corrected chi connectivity index (χ0v) is 9.19. The second-order valence-corrected chi connectivity index (χ2v) is 3.67. The minimum Gasteiger partial charge on any atom is -0.481 e. The summed E-state index contributed by atoms with van der Waals surface area (Å²) < 4.78 is 4.89. The molecule has 1 rings (SSSR count). The number of carbonyl (C=O) groups is 2. The van der Waals surface area contributed by atoms with Crippen molar-refractivity contribution in [3.8, 4) is 0 Å². The normalized spacial score (nSPS) is 12.1. The average molecular weight is 226 g/mol. The summed E-state index contributed by atoms with van der Waals surface area (Å²) in [6.07, 6.45) is 1.23. The highest BCUT2D eigenvalue weighted by atomic mass is 16.4. The molecule has 0 aliphatic rings. The third-order valence-corrected chi connectivity index (χ3v) is 2.09. The van der Waals surface area contributed by atoms with Crippen molar-refractivity contribution in [2.75, 3.05) is 6.54 Å². The molecule has 0 radical (unpaired) electrons. The number of carbonyl (C=O) groups excluding carboxylic acids is 1. The number of oxazole rings is 1. The third kappa shape index (κ3) is 3.38. The molecule has 2 N–H and O–H groups in total. The Morgan fingerprint density at radius 1 is 1.62 bits per heavy atom. The summed E-state index contributed by atoms with van der Waals surface area (Å²) in [6.45, 7) is 3.70. The molecule has 1 unspecified atom stereocenters. The summed E-state index contributed by atoms with van der Waals surface area (Å²) >= 11 is 0. The molecule has 1 heterocycles. The lowest BCUT2D eigenvalue weighted by atomic mass is 10.1. The van der Waals surface area contributed by atoms with Gasteiger partial charge in [0.15, 0.2) is 12.1 Å². The lowest BCUT2D eigenvalue weighted by Crippen LogP contribution is -2.29. The van der Waals surface area contributed by atoms with Gasteiger partial charge in [-0.1, -0.05) is 6.92 Å². The number of amides is 1. The van der Waals surface area contributed by atoms with Crippen LogP contribution < -0.4 is 5.32 Å². The molecule has 1 aromatic heterocycles. The van der Waals surface area contributed by atoms with E-state index in [4.69, 9.17) is 9.52 Å². The molecule has 1 amide bonds. The molecule has 88 valence electrons. The Kier molecular flexibility index (Phi) is 4.04. The first-order valence-corrected chi connectivity index (χ1v) is 4.90. The molecule has 6 heteroatoms. The maximum absolute atomic E-state index is 11.5. The van der Waals surface area contributed by atoms with Gasteiger partial charge in [0.25, 0.3) is 5.91 Å². The van der Waals surface area contributed by atoms with E-state index in [-0.39, 0.29) is 23.9 Å². The van der Waals surface area contributed by atoms with Gasteiger partial charge in [-0.05, 0) is 12.8 Å². The van der Waals surface area contributed by atoms with E-state index in [0.717, 1.165) is 0 Å². The van der Waals surface area contributed by atoms with Crippen LogP contribution in [0, 0.1) is 12.8 Å². The number of hydrogen-bond donors (Lipinski definition) is 2. The fourth-order valence-corrected chi connectivity index (χ4v) is 1.24. The zero-order valence-electron chi connectivity index (χ0n) is 9.19. The van der Waals surface area contributed by atoms with E-state index in [1.54, 1.807) is 13.8 Å². The molecule has 0 aliphatic heterocycles. The number of carboxylic acids is 1. The maximum Gasteiger partial charge on any atom is 0.303 e. The van der Waals surface area contributed by atoms with Crippen LogP contribution in [0.1, 0.15) is 29.6 Å². The van der Waals surface area contributed by atoms with Gasteiger partial charge in [0, 0.05) is 13.0 Å². The first kappa shape index (κ1) is 12.2. The summed E-state index contributed by atoms with van der Waals surface area (Å²) in [4.78, 5) is 25.7. The summed E-state index contributed by atoms with van der Waals surface area (Å²) in [5.74, 6) is -0.889. The van der Waals surface area contributed by atoms with Crippen LogP contribution in [-0.4, -0.2) is 28.5 Å². The van der Waals surface area contributed by atoms with E-state index in [1.807, 2.05) is 0 Å². The number of hydrogen-bond acceptors (Lipinski definition) is 4. The van der Waals surface area contributed by atoms with Crippen LogP contribution in [0.5, 0.6) is 0 Å². The third-order valence-electron chi connectivity index (χ3n) is 2.09. The molecular weight excluding hydrogens is 212 g/mol. The first-order chi connectivity index (χ1) is 7.50. The predicted molar refractivity (Wildman–Crippen MR) is 55.0 cm³/mol. The van der Waals surface area contributed by atoms with Crippen molar-refractivity contribution in [3.05, 3.63) is 17.8 Å². The van der Waals surface area contributed by atoms with E-state index in [1.165, 1.54) is 6.39 Å². The smallest absolute Gasteiger partial charge is 0.303 e. The Morgan fingerprint density at radius 2 is 2.31 bits per heavy atom. The summed E-state index contributed by atoms with van der Waals surface area (Å²) in [6, 6.07) is 0. The highest BCUT2D eigenvalue weighted by molar-refractivity contribution is 5.93. The number of aryl methyl sites for hydroxylation is 1. The van der Waals surface area contributed by atoms with Gasteiger partial charge in [0.1, 0.15) is 5.76 Å². The second kappa shape index (κ2) is 5.29. The second-order valence-electron chi connectivity index (χ2n) is 3.67. The standard InChI is InChI=1S/C10H14N2O4/c1-6(3-8(13)14)4-11-10(15)9-7(2)16-5-12-9/h5-6H,3-4H2,1-2H3,(H,11,15)(H,13,14). The number of aliphatic carboxylic acids is 1. The number of nitrogens with zero attached hydrogens (tertiary/aromatic N) is 1. The van der Waals surface area contributed by atoms with E-state index >= 15 is 0 Å². The number of nitrogens with one attached hydrogen (secondary N) is 1. The van der Waals surface area contributed by atoms with Gasteiger partial charge in [0.05, 0.1) is 0 Å². The Labute approximate surface area is 92.7 Å². The van der Waals surface area contributed by atoms with Crippen LogP contribution in [-0.2, 0) is 4.79 Å². The number of carboxylic acid groups (broad SMARTS) is 1. The molecule has 0 aliphatic carbocycles. The molecule has 0 saturated heterocycles. The molecule has 6 nitrogen and oxygen atoms in total. The fourth-order valence-electron chi connectivity index (χ4n) is 1.24. The minimum atomic E-state index is -0.876. The van der Waals surface area contributed by atoms with Crippen LogP contribution in [0.2, 0.25) is 0 Å². The summed E-state index contributed by atoms with van der Waals surface area (Å²) in [5.41, 5.74) is 0.238. The Morgan fingerprint density at radius 3 is 2.81 bits per heavy atom. The molecular formula is C10H14N2O4. The van der Waals surface area contributed by atoms with Crippen LogP contribution in [0.25, 0.3) is 0 Å². The van der Waals surface area contributed by atoms with Gasteiger partial charge in [-0.25, -0.2) is 4.98 Å². The first-order valence-electron chi connectivity index (χ1n) is 4.90. The van der Waals surface area contributed by atoms with Crippen molar-refractivity contribution in [2.45, 2.75) is 20.3 Å².